The number of ketones is 1. The van der Waals surface area contributed by atoms with Crippen molar-refractivity contribution in [1.82, 2.24) is 5.32 Å². The normalized spacial score (nSPS) is 12.4. The van der Waals surface area contributed by atoms with Crippen LogP contribution in [0, 0.1) is 17.6 Å². The molecule has 0 heterocycles. The minimum absolute atomic E-state index is 0.0533. The molecule has 0 bridgehead atoms. The minimum Gasteiger partial charge on any atom is -0.466 e. The molecule has 2 atom stereocenters. The Balaban J connectivity index is 1.79. The van der Waals surface area contributed by atoms with Crippen LogP contribution in [-0.4, -0.2) is 30.3 Å². The van der Waals surface area contributed by atoms with Gasteiger partial charge in [0.2, 0.25) is 0 Å². The summed E-state index contributed by atoms with van der Waals surface area (Å²) in [5.41, 5.74) is 1.87. The van der Waals surface area contributed by atoms with Gasteiger partial charge in [-0.2, -0.15) is 0 Å². The molecule has 1 N–H and O–H groups in total. The number of carbonyl (C=O) groups is 3. The van der Waals surface area contributed by atoms with E-state index in [9.17, 15) is 23.2 Å². The van der Waals surface area contributed by atoms with E-state index in [0.29, 0.717) is 12.0 Å². The van der Waals surface area contributed by atoms with E-state index < -0.39 is 29.6 Å². The number of halogens is 2. The minimum atomic E-state index is -0.909. The van der Waals surface area contributed by atoms with Gasteiger partial charge < -0.3 is 10.1 Å². The highest BCUT2D eigenvalue weighted by Crippen LogP contribution is 2.17. The third-order valence-corrected chi connectivity index (χ3v) is 5.53. The number of ether oxygens (including phenoxy) is 1. The van der Waals surface area contributed by atoms with E-state index >= 15 is 0 Å². The average Bonchev–Trinajstić information content (AvgIpc) is 2.84. The van der Waals surface area contributed by atoms with Gasteiger partial charge in [0.05, 0.1) is 12.6 Å². The van der Waals surface area contributed by atoms with Gasteiger partial charge in [0.25, 0.3) is 5.91 Å². The van der Waals surface area contributed by atoms with Gasteiger partial charge in [0.1, 0.15) is 11.6 Å². The molecule has 182 valence electrons. The van der Waals surface area contributed by atoms with E-state index in [-0.39, 0.29) is 36.7 Å². The summed E-state index contributed by atoms with van der Waals surface area (Å²) in [6.07, 6.45) is 0.713. The molecular weight excluding hydrogens is 452 g/mol. The molecule has 35 heavy (non-hydrogen) atoms. The van der Waals surface area contributed by atoms with Crippen LogP contribution in [0.25, 0.3) is 0 Å². The van der Waals surface area contributed by atoms with Crippen LogP contribution in [0.2, 0.25) is 0 Å². The standard InChI is InChI=1S/C28H27F2NO4/c1-19(32)35-18-22(15-20-5-3-2-4-6-20)17-27(33)26(16-21-7-11-24(29)12-8-21)31-28(34)23-9-13-25(30)14-10-23/h2-14,22,26H,15-18H2,1H3,(H,31,34)/t22-,26+/m1/s1. The maximum Gasteiger partial charge on any atom is 0.302 e. The van der Waals surface area contributed by atoms with E-state index in [2.05, 4.69) is 5.32 Å². The summed E-state index contributed by atoms with van der Waals surface area (Å²) in [4.78, 5) is 37.6. The Morgan fingerprint density at radius 2 is 1.37 bits per heavy atom. The molecule has 0 unspecified atom stereocenters. The number of carbonyl (C=O) groups excluding carboxylic acids is 3. The van der Waals surface area contributed by atoms with E-state index in [1.807, 2.05) is 30.3 Å². The number of esters is 1. The molecule has 0 radical (unpaired) electrons. The lowest BCUT2D eigenvalue weighted by atomic mass is 9.90. The van der Waals surface area contributed by atoms with Crippen molar-refractivity contribution in [2.24, 2.45) is 5.92 Å². The largest absolute Gasteiger partial charge is 0.466 e. The predicted octanol–water partition coefficient (Wildman–Crippen LogP) is 4.69. The highest BCUT2D eigenvalue weighted by Gasteiger charge is 2.26. The topological polar surface area (TPSA) is 72.5 Å². The summed E-state index contributed by atoms with van der Waals surface area (Å²) in [5, 5.41) is 2.74. The first-order chi connectivity index (χ1) is 16.8. The summed E-state index contributed by atoms with van der Waals surface area (Å²) < 4.78 is 31.8. The fraction of sp³-hybridized carbons (Fsp3) is 0.250. The summed E-state index contributed by atoms with van der Waals surface area (Å²) in [7, 11) is 0. The molecule has 0 aliphatic carbocycles. The van der Waals surface area contributed by atoms with Crippen LogP contribution in [-0.2, 0) is 27.2 Å². The smallest absolute Gasteiger partial charge is 0.302 e. The number of benzene rings is 3. The molecule has 0 saturated heterocycles. The molecule has 3 rings (SSSR count). The molecule has 0 saturated carbocycles. The number of hydrogen-bond acceptors (Lipinski definition) is 4. The van der Waals surface area contributed by atoms with Gasteiger partial charge in [-0.1, -0.05) is 42.5 Å². The lowest BCUT2D eigenvalue weighted by Gasteiger charge is -2.22. The molecule has 1 amide bonds. The van der Waals surface area contributed by atoms with Crippen LogP contribution in [0.3, 0.4) is 0 Å². The van der Waals surface area contributed by atoms with Crippen LogP contribution in [0.15, 0.2) is 78.9 Å². The quantitative estimate of drug-likeness (QED) is 0.405. The van der Waals surface area contributed by atoms with E-state index in [1.165, 1.54) is 43.3 Å². The van der Waals surface area contributed by atoms with E-state index in [1.54, 1.807) is 12.1 Å². The molecule has 0 aliphatic rings. The molecule has 3 aromatic carbocycles. The molecule has 5 nitrogen and oxygen atoms in total. The van der Waals surface area contributed by atoms with Gasteiger partial charge in [-0.25, -0.2) is 8.78 Å². The molecule has 0 spiro atoms. The van der Waals surface area contributed by atoms with Crippen LogP contribution >= 0.6 is 0 Å². The molecular formula is C28H27F2NO4. The van der Waals surface area contributed by atoms with Gasteiger partial charge in [-0.05, 0) is 60.4 Å². The summed E-state index contributed by atoms with van der Waals surface area (Å²) in [6.45, 7) is 1.37. The lowest BCUT2D eigenvalue weighted by molar-refractivity contribution is -0.143. The summed E-state index contributed by atoms with van der Waals surface area (Å²) >= 11 is 0. The first kappa shape index (κ1) is 25.7. The summed E-state index contributed by atoms with van der Waals surface area (Å²) in [5.74, 6) is -2.40. The zero-order valence-corrected chi connectivity index (χ0v) is 19.4. The molecule has 0 aliphatic heterocycles. The number of amides is 1. The van der Waals surface area contributed by atoms with Crippen molar-refractivity contribution in [3.63, 3.8) is 0 Å². The van der Waals surface area contributed by atoms with Crippen LogP contribution in [0.4, 0.5) is 8.78 Å². The highest BCUT2D eigenvalue weighted by atomic mass is 19.1. The summed E-state index contributed by atoms with van der Waals surface area (Å²) in [6, 6.07) is 19.3. The highest BCUT2D eigenvalue weighted by molar-refractivity contribution is 5.98. The third kappa shape index (κ3) is 8.45. The van der Waals surface area contributed by atoms with Crippen LogP contribution in [0.1, 0.15) is 34.8 Å². The molecule has 3 aromatic rings. The lowest BCUT2D eigenvalue weighted by Crippen LogP contribution is -2.43. The monoisotopic (exact) mass is 479 g/mol. The predicted molar refractivity (Wildman–Crippen MR) is 128 cm³/mol. The molecule has 0 aromatic heterocycles. The van der Waals surface area contributed by atoms with Gasteiger partial charge in [-0.3, -0.25) is 14.4 Å². The van der Waals surface area contributed by atoms with Crippen molar-refractivity contribution in [3.8, 4) is 0 Å². The van der Waals surface area contributed by atoms with Crippen molar-refractivity contribution in [2.75, 3.05) is 6.61 Å². The van der Waals surface area contributed by atoms with E-state index in [0.717, 1.165) is 5.56 Å². The first-order valence-corrected chi connectivity index (χ1v) is 11.3. The first-order valence-electron chi connectivity index (χ1n) is 11.3. The van der Waals surface area contributed by atoms with Crippen LogP contribution in [0.5, 0.6) is 0 Å². The SMILES string of the molecule is CC(=O)OC[C@@H](CC(=O)[C@H](Cc1ccc(F)cc1)NC(=O)c1ccc(F)cc1)Cc1ccccc1. The van der Waals surface area contributed by atoms with Gasteiger partial charge >= 0.3 is 5.97 Å². The van der Waals surface area contributed by atoms with Gasteiger partial charge in [0, 0.05) is 24.8 Å². The Hall–Kier alpha value is -3.87. The number of Topliss-reactive ketones (excluding diaryl/α,β-unsaturated/α-hetero) is 1. The van der Waals surface area contributed by atoms with Crippen molar-refractivity contribution in [2.45, 2.75) is 32.2 Å². The van der Waals surface area contributed by atoms with Gasteiger partial charge in [-0.15, -0.1) is 0 Å². The maximum absolute atomic E-state index is 13.4. The zero-order chi connectivity index (χ0) is 25.2. The van der Waals surface area contributed by atoms with Crippen molar-refractivity contribution in [1.29, 1.82) is 0 Å². The third-order valence-electron chi connectivity index (χ3n) is 5.53. The van der Waals surface area contributed by atoms with Crippen molar-refractivity contribution in [3.05, 3.63) is 107 Å². The molecule has 7 heteroatoms. The Kier molecular flexibility index (Phi) is 9.23. The Morgan fingerprint density at radius 3 is 1.97 bits per heavy atom. The van der Waals surface area contributed by atoms with E-state index in [4.69, 9.17) is 4.74 Å². The second-order valence-electron chi connectivity index (χ2n) is 8.39. The Bertz CT molecular complexity index is 1130. The Labute approximate surface area is 203 Å². The fourth-order valence-electron chi connectivity index (χ4n) is 3.74. The number of rotatable bonds is 11. The number of hydrogen-bond donors (Lipinski definition) is 1. The number of nitrogens with one attached hydrogen (secondary N) is 1. The van der Waals surface area contributed by atoms with Crippen molar-refractivity contribution >= 4 is 17.7 Å². The molecule has 0 fully saturated rings. The fourth-order valence-corrected chi connectivity index (χ4v) is 3.74. The average molecular weight is 480 g/mol. The second kappa shape index (κ2) is 12.6. The van der Waals surface area contributed by atoms with Gasteiger partial charge in [0.15, 0.2) is 5.78 Å². The Morgan fingerprint density at radius 1 is 0.800 bits per heavy atom. The van der Waals surface area contributed by atoms with Crippen molar-refractivity contribution < 1.29 is 27.9 Å². The zero-order valence-electron chi connectivity index (χ0n) is 19.4. The second-order valence-corrected chi connectivity index (χ2v) is 8.39. The maximum atomic E-state index is 13.4. The van der Waals surface area contributed by atoms with Crippen LogP contribution < -0.4 is 5.32 Å².